The first kappa shape index (κ1) is 38.9. The molecule has 15 nitrogen and oxygen atoms in total. The molecule has 0 bridgehead atoms. The summed E-state index contributed by atoms with van der Waals surface area (Å²) in [7, 11) is 0. The molecule has 0 atom stereocenters. The van der Waals surface area contributed by atoms with Crippen molar-refractivity contribution >= 4 is 40.6 Å². The van der Waals surface area contributed by atoms with Crippen molar-refractivity contribution in [2.75, 3.05) is 62.7 Å². The maximum absolute atomic E-state index is 14.6. The molecule has 3 fully saturated rings. The van der Waals surface area contributed by atoms with Crippen molar-refractivity contribution < 1.29 is 32.6 Å². The fourth-order valence-electron chi connectivity index (χ4n) is 8.80. The lowest BCUT2D eigenvalue weighted by Crippen LogP contribution is -2.56. The molecule has 3 aromatic heterocycles. The van der Waals surface area contributed by atoms with E-state index in [2.05, 4.69) is 25.1 Å². The van der Waals surface area contributed by atoms with Gasteiger partial charge in [0, 0.05) is 67.2 Å². The van der Waals surface area contributed by atoms with Crippen LogP contribution in [0.3, 0.4) is 0 Å². The highest BCUT2D eigenvalue weighted by Gasteiger charge is 2.47. The average molecular weight is 833 g/mol. The number of likely N-dealkylation sites (tertiary alicyclic amines) is 1. The number of carbonyl (C=O) groups is 2. The van der Waals surface area contributed by atoms with Crippen molar-refractivity contribution in [3.63, 3.8) is 0 Å². The molecular weight excluding hydrogens is 793 g/mol. The highest BCUT2D eigenvalue weighted by atomic mass is 35.5. The van der Waals surface area contributed by atoms with Gasteiger partial charge >= 0.3 is 6.18 Å². The second kappa shape index (κ2) is 14.9. The minimum absolute atomic E-state index is 0.00230. The minimum Gasteiger partial charge on any atom is -0.504 e. The van der Waals surface area contributed by atoms with Crippen molar-refractivity contribution in [1.29, 1.82) is 0 Å². The van der Waals surface area contributed by atoms with Gasteiger partial charge in [-0.2, -0.15) is 22.7 Å². The number of halogens is 4. The van der Waals surface area contributed by atoms with Crippen molar-refractivity contribution in [2.45, 2.75) is 56.8 Å². The molecule has 6 heterocycles. The van der Waals surface area contributed by atoms with Crippen LogP contribution in [0.2, 0.25) is 5.02 Å². The van der Waals surface area contributed by atoms with E-state index in [1.807, 2.05) is 24.3 Å². The first-order chi connectivity index (χ1) is 28.3. The number of nitrogens with one attached hydrogen (secondary N) is 1. The number of rotatable bonds is 7. The van der Waals surface area contributed by atoms with Crippen LogP contribution in [0.15, 0.2) is 53.6 Å². The van der Waals surface area contributed by atoms with Gasteiger partial charge in [-0.1, -0.05) is 11.6 Å². The molecule has 3 aliphatic heterocycles. The standard InChI is InChI=1S/C40H40ClF3N10O5/c1-23-34(56)33(46-22-45-23)37(58)52-12-10-39(11-13-52)9-8-30-32(39)36(57)54-38(53(30)19-31(55)47-29-7-4-25(18-28(29)41)40(42,43)44)48-35(49-54)24-2-5-26(6-3-24)50-14-16-51(17-15-50)27-20-59-21-27/h2-7,18,22,27,56H,8-17,19-21H2,1H3,(H,47,55). The van der Waals surface area contributed by atoms with Crippen molar-refractivity contribution in [2.24, 2.45) is 0 Å². The molecule has 19 heteroatoms. The molecule has 1 spiro atoms. The lowest BCUT2D eigenvalue weighted by Gasteiger charge is -2.43. The molecule has 308 valence electrons. The zero-order valence-corrected chi connectivity index (χ0v) is 32.8. The summed E-state index contributed by atoms with van der Waals surface area (Å²) in [5.41, 5.74) is 1.02. The third kappa shape index (κ3) is 7.05. The molecule has 5 aromatic rings. The number of carbonyl (C=O) groups excluding carboxylic acids is 2. The van der Waals surface area contributed by atoms with Gasteiger partial charge in [0.2, 0.25) is 11.7 Å². The number of aromatic nitrogens is 6. The minimum atomic E-state index is -4.61. The summed E-state index contributed by atoms with van der Waals surface area (Å²) in [6.07, 6.45) is -1.55. The van der Waals surface area contributed by atoms with E-state index in [-0.39, 0.29) is 64.6 Å². The van der Waals surface area contributed by atoms with E-state index in [0.717, 1.165) is 63.3 Å². The number of piperazine rings is 1. The Bertz CT molecular complexity index is 2530. The van der Waals surface area contributed by atoms with Gasteiger partial charge in [-0.15, -0.1) is 5.10 Å². The number of nitrogens with zero attached hydrogens (tertiary/aromatic N) is 9. The Morgan fingerprint density at radius 1 is 1.00 bits per heavy atom. The van der Waals surface area contributed by atoms with Gasteiger partial charge in [0.05, 0.1) is 41.2 Å². The SMILES string of the molecule is Cc1ncnc(C(=O)N2CCC3(CCc4c3c(=O)n3nc(-c5ccc(N6CCN(C7COC7)CC6)cc5)nc3n4CC(=O)Nc3ccc(C(F)(F)F)cc3Cl)CC2)c1O. The Labute approximate surface area is 340 Å². The fourth-order valence-corrected chi connectivity index (χ4v) is 9.03. The monoisotopic (exact) mass is 832 g/mol. The first-order valence-corrected chi connectivity index (χ1v) is 19.8. The van der Waals surface area contributed by atoms with Gasteiger partial charge in [0.25, 0.3) is 11.5 Å². The van der Waals surface area contributed by atoms with E-state index in [1.165, 1.54) is 10.8 Å². The molecule has 2 aromatic carbocycles. The summed E-state index contributed by atoms with van der Waals surface area (Å²) in [6, 6.07) is 11.0. The van der Waals surface area contributed by atoms with Crippen LogP contribution in [-0.4, -0.2) is 114 Å². The molecule has 0 unspecified atom stereocenters. The highest BCUT2D eigenvalue weighted by Crippen LogP contribution is 2.45. The molecule has 2 N–H and O–H groups in total. The maximum Gasteiger partial charge on any atom is 0.416 e. The topological polar surface area (TPSA) is 163 Å². The number of hydrogen-bond acceptors (Lipinski definition) is 11. The van der Waals surface area contributed by atoms with Crippen LogP contribution in [-0.2, 0) is 34.1 Å². The summed E-state index contributed by atoms with van der Waals surface area (Å²) >= 11 is 6.19. The second-order valence-electron chi connectivity index (χ2n) is 15.6. The molecule has 1 aliphatic carbocycles. The summed E-state index contributed by atoms with van der Waals surface area (Å²) in [4.78, 5) is 60.9. The third-order valence-electron chi connectivity index (χ3n) is 12.3. The third-order valence-corrected chi connectivity index (χ3v) is 12.6. The smallest absolute Gasteiger partial charge is 0.416 e. The number of amides is 2. The summed E-state index contributed by atoms with van der Waals surface area (Å²) < 4.78 is 48.2. The summed E-state index contributed by atoms with van der Waals surface area (Å²) in [5.74, 6) is -0.900. The highest BCUT2D eigenvalue weighted by molar-refractivity contribution is 6.33. The zero-order valence-electron chi connectivity index (χ0n) is 32.0. The Kier molecular flexibility index (Phi) is 9.83. The molecule has 59 heavy (non-hydrogen) atoms. The molecular formula is C40H40ClF3N10O5. The van der Waals surface area contributed by atoms with Crippen LogP contribution in [0.4, 0.5) is 24.5 Å². The molecule has 3 saturated heterocycles. The number of hydrogen-bond donors (Lipinski definition) is 2. The number of ether oxygens (including phenoxy) is 1. The summed E-state index contributed by atoms with van der Waals surface area (Å²) in [6.45, 7) is 7.02. The molecule has 9 rings (SSSR count). The quantitative estimate of drug-likeness (QED) is 0.240. The van der Waals surface area contributed by atoms with Gasteiger partial charge in [0.1, 0.15) is 12.9 Å². The fraction of sp³-hybridized carbons (Fsp3) is 0.425. The van der Waals surface area contributed by atoms with E-state index in [1.54, 1.807) is 16.4 Å². The molecule has 0 saturated carbocycles. The van der Waals surface area contributed by atoms with Crippen molar-refractivity contribution in [3.8, 4) is 17.1 Å². The number of anilines is 2. The Morgan fingerprint density at radius 3 is 2.39 bits per heavy atom. The maximum atomic E-state index is 14.6. The van der Waals surface area contributed by atoms with Crippen LogP contribution in [0.5, 0.6) is 5.75 Å². The van der Waals surface area contributed by atoms with E-state index >= 15 is 0 Å². The number of benzene rings is 2. The zero-order chi connectivity index (χ0) is 41.2. The predicted molar refractivity (Wildman–Crippen MR) is 210 cm³/mol. The van der Waals surface area contributed by atoms with Gasteiger partial charge in [-0.3, -0.25) is 19.3 Å². The summed E-state index contributed by atoms with van der Waals surface area (Å²) in [5, 5.41) is 17.5. The van der Waals surface area contributed by atoms with Crippen LogP contribution in [0, 0.1) is 6.92 Å². The van der Waals surface area contributed by atoms with E-state index in [4.69, 9.17) is 26.4 Å². The number of aryl methyl sites for hydroxylation is 1. The van der Waals surface area contributed by atoms with Crippen LogP contribution in [0.25, 0.3) is 17.2 Å². The number of fused-ring (bicyclic) bond motifs is 3. The Hall–Kier alpha value is -5.59. The van der Waals surface area contributed by atoms with Crippen LogP contribution >= 0.6 is 11.6 Å². The second-order valence-corrected chi connectivity index (χ2v) is 16.0. The largest absolute Gasteiger partial charge is 0.504 e. The average Bonchev–Trinajstić information content (AvgIpc) is 3.81. The Morgan fingerprint density at radius 2 is 1.73 bits per heavy atom. The van der Waals surface area contributed by atoms with Gasteiger partial charge in [-0.05, 0) is 75.1 Å². The lowest BCUT2D eigenvalue weighted by molar-refractivity contribution is -0.137. The van der Waals surface area contributed by atoms with Crippen molar-refractivity contribution in [1.82, 2.24) is 38.9 Å². The van der Waals surface area contributed by atoms with E-state index < -0.39 is 29.0 Å². The van der Waals surface area contributed by atoms with E-state index in [0.29, 0.717) is 48.5 Å². The van der Waals surface area contributed by atoms with Crippen molar-refractivity contribution in [3.05, 3.63) is 92.4 Å². The van der Waals surface area contributed by atoms with Gasteiger partial charge in [-0.25, -0.2) is 9.97 Å². The molecule has 0 radical (unpaired) electrons. The van der Waals surface area contributed by atoms with Gasteiger partial charge in [0.15, 0.2) is 17.3 Å². The number of aromatic hydroxyl groups is 1. The normalized spacial score (nSPS) is 18.3. The van der Waals surface area contributed by atoms with E-state index in [9.17, 15) is 32.7 Å². The van der Waals surface area contributed by atoms with Gasteiger partial charge < -0.3 is 29.5 Å². The lowest BCUT2D eigenvalue weighted by atomic mass is 9.74. The molecule has 4 aliphatic rings. The van der Waals surface area contributed by atoms with Crippen LogP contribution in [0.1, 0.15) is 52.3 Å². The predicted octanol–water partition coefficient (Wildman–Crippen LogP) is 4.31. The number of piperidine rings is 1. The van der Waals surface area contributed by atoms with Crippen LogP contribution < -0.4 is 15.8 Å². The number of alkyl halides is 3. The molecule has 2 amide bonds. The Balaban J connectivity index is 1.03. The first-order valence-electron chi connectivity index (χ1n) is 19.5.